The summed E-state index contributed by atoms with van der Waals surface area (Å²) < 4.78 is 10.5. The molecule has 21 heavy (non-hydrogen) atoms. The smallest absolute Gasteiger partial charge is 0.407 e. The molecule has 0 saturated heterocycles. The zero-order chi connectivity index (χ0) is 14.8. The first-order chi connectivity index (χ1) is 10.3. The Kier molecular flexibility index (Phi) is 6.29. The van der Waals surface area contributed by atoms with E-state index in [0.29, 0.717) is 13.2 Å². The van der Waals surface area contributed by atoms with Gasteiger partial charge >= 0.3 is 6.09 Å². The summed E-state index contributed by atoms with van der Waals surface area (Å²) in [6.45, 7) is 2.63. The molecule has 1 N–H and O–H groups in total. The number of carbonyl (C=O) groups is 1. The second-order valence-electron chi connectivity index (χ2n) is 4.41. The highest BCUT2D eigenvalue weighted by molar-refractivity contribution is 5.67. The molecule has 0 spiro atoms. The Hall–Kier alpha value is -2.33. The van der Waals surface area contributed by atoms with Crippen LogP contribution < -0.4 is 5.32 Å². The molecule has 109 valence electrons. The van der Waals surface area contributed by atoms with E-state index in [1.54, 1.807) is 0 Å². The van der Waals surface area contributed by atoms with Crippen LogP contribution in [0, 0.1) is 6.54 Å². The molecule has 0 saturated carbocycles. The van der Waals surface area contributed by atoms with Crippen LogP contribution in [0.25, 0.3) is 0 Å². The van der Waals surface area contributed by atoms with Crippen LogP contribution >= 0.6 is 0 Å². The number of benzene rings is 2. The van der Waals surface area contributed by atoms with Crippen molar-refractivity contribution in [2.75, 3.05) is 6.61 Å². The summed E-state index contributed by atoms with van der Waals surface area (Å²) in [6, 6.07) is 19.4. The highest BCUT2D eigenvalue weighted by atomic mass is 16.5. The quantitative estimate of drug-likeness (QED) is 0.794. The Morgan fingerprint density at radius 3 is 2.10 bits per heavy atom. The van der Waals surface area contributed by atoms with E-state index in [4.69, 9.17) is 9.47 Å². The van der Waals surface area contributed by atoms with Crippen LogP contribution in [0.1, 0.15) is 11.1 Å². The van der Waals surface area contributed by atoms with Crippen LogP contribution in [0.4, 0.5) is 4.79 Å². The normalized spacial score (nSPS) is 10.1. The van der Waals surface area contributed by atoms with Crippen LogP contribution in [0.3, 0.4) is 0 Å². The third-order valence-corrected chi connectivity index (χ3v) is 2.75. The summed E-state index contributed by atoms with van der Waals surface area (Å²) in [4.78, 5) is 11.4. The molecule has 0 aromatic heterocycles. The van der Waals surface area contributed by atoms with Gasteiger partial charge in [0.05, 0.1) is 19.8 Å². The topological polar surface area (TPSA) is 47.6 Å². The Balaban J connectivity index is 1.53. The van der Waals surface area contributed by atoms with Gasteiger partial charge in [0.1, 0.15) is 6.61 Å². The number of hydrogen-bond donors (Lipinski definition) is 1. The number of hydrogen-bond acceptors (Lipinski definition) is 3. The molecular weight excluding hydrogens is 266 g/mol. The van der Waals surface area contributed by atoms with Gasteiger partial charge in [0.15, 0.2) is 0 Å². The van der Waals surface area contributed by atoms with Gasteiger partial charge in [0, 0.05) is 0 Å². The molecule has 4 nitrogen and oxygen atoms in total. The van der Waals surface area contributed by atoms with Crippen molar-refractivity contribution in [2.45, 2.75) is 13.2 Å². The molecule has 2 aromatic rings. The maximum absolute atomic E-state index is 11.4. The van der Waals surface area contributed by atoms with Crippen LogP contribution in [0.15, 0.2) is 60.7 Å². The average molecular weight is 284 g/mol. The first kappa shape index (κ1) is 15.1. The molecule has 0 aliphatic carbocycles. The molecule has 2 rings (SSSR count). The van der Waals surface area contributed by atoms with Gasteiger partial charge in [-0.1, -0.05) is 60.7 Å². The molecule has 0 aliphatic rings. The van der Waals surface area contributed by atoms with Gasteiger partial charge in [-0.25, -0.2) is 4.79 Å². The third-order valence-electron chi connectivity index (χ3n) is 2.75. The first-order valence-corrected chi connectivity index (χ1v) is 6.75. The molecular formula is C17H18NO3. The number of carbonyl (C=O) groups excluding carboxylic acids is 1. The van der Waals surface area contributed by atoms with Gasteiger partial charge < -0.3 is 14.8 Å². The number of nitrogens with one attached hydrogen (secondary N) is 1. The minimum absolute atomic E-state index is 0.255. The summed E-state index contributed by atoms with van der Waals surface area (Å²) in [7, 11) is 0. The monoisotopic (exact) mass is 284 g/mol. The largest absolute Gasteiger partial charge is 0.445 e. The van der Waals surface area contributed by atoms with E-state index in [-0.39, 0.29) is 6.61 Å². The fourth-order valence-electron chi connectivity index (χ4n) is 1.70. The first-order valence-electron chi connectivity index (χ1n) is 6.75. The lowest BCUT2D eigenvalue weighted by molar-refractivity contribution is 0.123. The highest BCUT2D eigenvalue weighted by Crippen LogP contribution is 2.01. The van der Waals surface area contributed by atoms with Crippen molar-refractivity contribution in [1.29, 1.82) is 0 Å². The van der Waals surface area contributed by atoms with E-state index in [0.717, 1.165) is 11.1 Å². The predicted molar refractivity (Wildman–Crippen MR) is 80.2 cm³/mol. The molecule has 0 bridgehead atoms. The number of alkyl carbamates (subject to hydrolysis) is 1. The van der Waals surface area contributed by atoms with Gasteiger partial charge in [-0.15, -0.1) is 0 Å². The second-order valence-corrected chi connectivity index (χ2v) is 4.41. The van der Waals surface area contributed by atoms with Crippen molar-refractivity contribution >= 4 is 6.09 Å². The highest BCUT2D eigenvalue weighted by Gasteiger charge is 2.02. The molecule has 0 heterocycles. The molecule has 0 unspecified atom stereocenters. The van der Waals surface area contributed by atoms with Crippen molar-refractivity contribution in [1.82, 2.24) is 5.32 Å². The van der Waals surface area contributed by atoms with Gasteiger partial charge in [-0.05, 0) is 11.1 Å². The molecule has 0 atom stereocenters. The molecule has 0 fully saturated rings. The zero-order valence-corrected chi connectivity index (χ0v) is 11.7. The fourth-order valence-corrected chi connectivity index (χ4v) is 1.70. The van der Waals surface area contributed by atoms with Gasteiger partial charge in [-0.2, -0.15) is 0 Å². The number of amides is 1. The third kappa shape index (κ3) is 6.10. The lowest BCUT2D eigenvalue weighted by Crippen LogP contribution is -2.23. The Bertz CT molecular complexity index is 528. The van der Waals surface area contributed by atoms with Gasteiger partial charge in [-0.3, -0.25) is 0 Å². The Morgan fingerprint density at radius 1 is 0.905 bits per heavy atom. The number of rotatable bonds is 7. The SMILES string of the molecule is O=C(N[CH]COCc1ccccc1)OCc1ccccc1. The van der Waals surface area contributed by atoms with E-state index >= 15 is 0 Å². The van der Waals surface area contributed by atoms with Gasteiger partial charge in [0.25, 0.3) is 0 Å². The minimum atomic E-state index is -0.484. The lowest BCUT2D eigenvalue weighted by Gasteiger charge is -2.07. The maximum atomic E-state index is 11.4. The molecule has 1 amide bonds. The van der Waals surface area contributed by atoms with Crippen molar-refractivity contribution < 1.29 is 14.3 Å². The van der Waals surface area contributed by atoms with Crippen molar-refractivity contribution in [2.24, 2.45) is 0 Å². The second kappa shape index (κ2) is 8.76. The van der Waals surface area contributed by atoms with Crippen LogP contribution in [-0.4, -0.2) is 12.7 Å². The predicted octanol–water partition coefficient (Wildman–Crippen LogP) is 3.29. The van der Waals surface area contributed by atoms with E-state index in [9.17, 15) is 4.79 Å². The Morgan fingerprint density at radius 2 is 1.48 bits per heavy atom. The van der Waals surface area contributed by atoms with Crippen molar-refractivity contribution in [3.05, 3.63) is 78.3 Å². The summed E-state index contributed by atoms with van der Waals surface area (Å²) in [5, 5.41) is 2.53. The van der Waals surface area contributed by atoms with E-state index < -0.39 is 6.09 Å². The van der Waals surface area contributed by atoms with E-state index in [1.165, 1.54) is 6.54 Å². The maximum Gasteiger partial charge on any atom is 0.407 e. The molecule has 0 aliphatic heterocycles. The van der Waals surface area contributed by atoms with Crippen molar-refractivity contribution in [3.63, 3.8) is 0 Å². The van der Waals surface area contributed by atoms with E-state index in [2.05, 4.69) is 5.32 Å². The summed E-state index contributed by atoms with van der Waals surface area (Å²) in [5.41, 5.74) is 2.05. The summed E-state index contributed by atoms with van der Waals surface area (Å²) >= 11 is 0. The lowest BCUT2D eigenvalue weighted by atomic mass is 10.2. The summed E-state index contributed by atoms with van der Waals surface area (Å²) in [6.07, 6.45) is -0.484. The number of ether oxygens (including phenoxy) is 2. The van der Waals surface area contributed by atoms with Crippen LogP contribution in [0.2, 0.25) is 0 Å². The fraction of sp³-hybridized carbons (Fsp3) is 0.176. The van der Waals surface area contributed by atoms with Gasteiger partial charge in [0.2, 0.25) is 0 Å². The van der Waals surface area contributed by atoms with E-state index in [1.807, 2.05) is 60.7 Å². The van der Waals surface area contributed by atoms with Crippen LogP contribution in [-0.2, 0) is 22.7 Å². The molecule has 4 heteroatoms. The summed E-state index contributed by atoms with van der Waals surface area (Å²) in [5.74, 6) is 0. The Labute approximate surface area is 124 Å². The average Bonchev–Trinajstić information content (AvgIpc) is 2.54. The molecule has 1 radical (unpaired) electrons. The standard InChI is InChI=1S/C17H18NO3/c19-17(21-14-16-9-5-2-6-10-16)18-11-12-20-13-15-7-3-1-4-8-15/h1-11H,12-14H2,(H,18,19). The van der Waals surface area contributed by atoms with Crippen LogP contribution in [0.5, 0.6) is 0 Å². The molecule has 2 aromatic carbocycles. The minimum Gasteiger partial charge on any atom is -0.445 e. The van der Waals surface area contributed by atoms with Crippen molar-refractivity contribution in [3.8, 4) is 0 Å². The zero-order valence-electron chi connectivity index (χ0n) is 11.7.